The van der Waals surface area contributed by atoms with E-state index in [0.717, 1.165) is 18.7 Å². The molecule has 11 heteroatoms. The first kappa shape index (κ1) is 32.5. The number of hydrogen-bond donors (Lipinski definition) is 0. The minimum atomic E-state index is -4.34. The molecule has 0 spiro atoms. The molecule has 2 heterocycles. The van der Waals surface area contributed by atoms with Crippen LogP contribution < -0.4 is 13.7 Å². The molecule has 1 aromatic heterocycles. The van der Waals surface area contributed by atoms with E-state index in [0.29, 0.717) is 29.0 Å². The van der Waals surface area contributed by atoms with Crippen LogP contribution in [0.3, 0.4) is 0 Å². The summed E-state index contributed by atoms with van der Waals surface area (Å²) >= 11 is 0. The fraction of sp³-hybridized carbons (Fsp3) is 0.531. The molecule has 234 valence electrons. The van der Waals surface area contributed by atoms with Crippen molar-refractivity contribution in [1.29, 1.82) is 0 Å². The SMILES string of the molecule is COc1cc2nc(C)nc(OS(=O)(=O)c3c(C(C)C)cc(C(C)C)cc3C(C)C)c2cc1OC(=O)N1CCN(C)C[C@H]1C. The summed E-state index contributed by atoms with van der Waals surface area (Å²) in [4.78, 5) is 26.0. The van der Waals surface area contributed by atoms with Gasteiger partial charge in [0.1, 0.15) is 10.7 Å². The molecule has 0 bridgehead atoms. The molecule has 1 saturated heterocycles. The summed E-state index contributed by atoms with van der Waals surface area (Å²) in [5.41, 5.74) is 2.86. The van der Waals surface area contributed by atoms with Crippen LogP contribution in [0.2, 0.25) is 0 Å². The van der Waals surface area contributed by atoms with Crippen molar-refractivity contribution in [2.45, 2.75) is 84.1 Å². The lowest BCUT2D eigenvalue weighted by atomic mass is 9.89. The fourth-order valence-corrected chi connectivity index (χ4v) is 6.99. The van der Waals surface area contributed by atoms with Crippen LogP contribution in [0.4, 0.5) is 4.79 Å². The lowest BCUT2D eigenvalue weighted by Gasteiger charge is -2.37. The Kier molecular flexibility index (Phi) is 9.56. The Hall–Kier alpha value is -3.44. The Morgan fingerprint density at radius 1 is 0.930 bits per heavy atom. The number of carbonyl (C=O) groups excluding carboxylic acids is 1. The number of rotatable bonds is 8. The molecule has 1 fully saturated rings. The highest BCUT2D eigenvalue weighted by atomic mass is 32.2. The molecular weight excluding hydrogens is 568 g/mol. The van der Waals surface area contributed by atoms with Crippen molar-refractivity contribution in [3.8, 4) is 17.4 Å². The second kappa shape index (κ2) is 12.7. The Balaban J connectivity index is 1.82. The Labute approximate surface area is 255 Å². The first-order valence-electron chi connectivity index (χ1n) is 14.8. The van der Waals surface area contributed by atoms with E-state index in [1.54, 1.807) is 17.9 Å². The van der Waals surface area contributed by atoms with Gasteiger partial charge in [-0.15, -0.1) is 0 Å². The van der Waals surface area contributed by atoms with Gasteiger partial charge in [0, 0.05) is 31.7 Å². The third-order valence-corrected chi connectivity index (χ3v) is 9.19. The molecule has 0 aliphatic carbocycles. The summed E-state index contributed by atoms with van der Waals surface area (Å²) < 4.78 is 45.5. The quantitative estimate of drug-likeness (QED) is 0.274. The van der Waals surface area contributed by atoms with Gasteiger partial charge in [0.25, 0.3) is 0 Å². The normalized spacial score (nSPS) is 16.4. The van der Waals surface area contributed by atoms with E-state index in [4.69, 9.17) is 13.7 Å². The molecule has 1 amide bonds. The molecule has 10 nitrogen and oxygen atoms in total. The second-order valence-corrected chi connectivity index (χ2v) is 13.8. The van der Waals surface area contributed by atoms with Gasteiger partial charge in [-0.05, 0) is 61.4 Å². The monoisotopic (exact) mass is 612 g/mol. The molecule has 0 saturated carbocycles. The number of ether oxygens (including phenoxy) is 2. The van der Waals surface area contributed by atoms with Crippen LogP contribution in [-0.2, 0) is 10.1 Å². The molecule has 1 atom stereocenters. The highest BCUT2D eigenvalue weighted by molar-refractivity contribution is 7.87. The minimum Gasteiger partial charge on any atom is -0.493 e. The van der Waals surface area contributed by atoms with Gasteiger partial charge in [-0.3, -0.25) is 0 Å². The van der Waals surface area contributed by atoms with E-state index < -0.39 is 16.2 Å². The highest BCUT2D eigenvalue weighted by Gasteiger charge is 2.31. The van der Waals surface area contributed by atoms with E-state index in [9.17, 15) is 13.2 Å². The van der Waals surface area contributed by atoms with Crippen LogP contribution in [0.15, 0.2) is 29.2 Å². The van der Waals surface area contributed by atoms with E-state index in [2.05, 4.69) is 28.7 Å². The van der Waals surface area contributed by atoms with Crippen LogP contribution in [0.5, 0.6) is 17.4 Å². The van der Waals surface area contributed by atoms with E-state index in [-0.39, 0.29) is 51.5 Å². The molecule has 1 aliphatic heterocycles. The first-order chi connectivity index (χ1) is 20.1. The predicted octanol–water partition coefficient (Wildman–Crippen LogP) is 6.22. The van der Waals surface area contributed by atoms with Crippen molar-refractivity contribution >= 4 is 27.1 Å². The third-order valence-electron chi connectivity index (χ3n) is 7.84. The number of methoxy groups -OCH3 is 1. The number of nitrogens with zero attached hydrogens (tertiary/aromatic N) is 4. The first-order valence-corrected chi connectivity index (χ1v) is 16.2. The predicted molar refractivity (Wildman–Crippen MR) is 167 cm³/mol. The molecular formula is C32H44N4O6S. The number of hydrogen-bond acceptors (Lipinski definition) is 9. The number of fused-ring (bicyclic) bond motifs is 1. The maximum absolute atomic E-state index is 14.1. The molecule has 4 rings (SSSR count). The van der Waals surface area contributed by atoms with Crippen LogP contribution >= 0.6 is 0 Å². The zero-order valence-corrected chi connectivity index (χ0v) is 27.7. The maximum Gasteiger partial charge on any atom is 0.415 e. The van der Waals surface area contributed by atoms with Crippen molar-refractivity contribution in [2.24, 2.45) is 0 Å². The number of piperazine rings is 1. The van der Waals surface area contributed by atoms with Crippen molar-refractivity contribution in [2.75, 3.05) is 33.8 Å². The number of benzene rings is 2. The maximum atomic E-state index is 14.1. The minimum absolute atomic E-state index is 0.0416. The Morgan fingerprint density at radius 2 is 1.56 bits per heavy atom. The zero-order valence-electron chi connectivity index (χ0n) is 26.9. The summed E-state index contributed by atoms with van der Waals surface area (Å²) in [6.45, 7) is 17.7. The van der Waals surface area contributed by atoms with Crippen LogP contribution in [0.1, 0.15) is 88.7 Å². The van der Waals surface area contributed by atoms with Gasteiger partial charge < -0.3 is 23.5 Å². The summed E-state index contributed by atoms with van der Waals surface area (Å²) in [5.74, 6) is 0.662. The average molecular weight is 613 g/mol. The van der Waals surface area contributed by atoms with Gasteiger partial charge in [-0.25, -0.2) is 9.78 Å². The standard InChI is InChI=1S/C32H44N4O6S/c1-18(2)23-13-24(19(3)4)30(25(14-23)20(5)6)43(38,39)42-31-26-15-29(28(40-10)16-27(26)33-22(8)34-31)41-32(37)36-12-11-35(9)17-21(36)7/h13-16,18-21H,11-12,17H2,1-10H3/t21-/m1/s1. The van der Waals surface area contributed by atoms with E-state index in [1.807, 2.05) is 53.8 Å². The molecule has 43 heavy (non-hydrogen) atoms. The van der Waals surface area contributed by atoms with Gasteiger partial charge in [0.05, 0.1) is 18.0 Å². The molecule has 3 aromatic rings. The van der Waals surface area contributed by atoms with Gasteiger partial charge in [0.15, 0.2) is 11.5 Å². The van der Waals surface area contributed by atoms with Gasteiger partial charge >= 0.3 is 16.2 Å². The number of aryl methyl sites for hydroxylation is 1. The van der Waals surface area contributed by atoms with Crippen molar-refractivity contribution in [3.05, 3.63) is 46.8 Å². The average Bonchev–Trinajstić information content (AvgIpc) is 2.91. The number of carbonyl (C=O) groups is 1. The van der Waals surface area contributed by atoms with Crippen LogP contribution in [-0.4, -0.2) is 74.1 Å². The van der Waals surface area contributed by atoms with Crippen LogP contribution in [0, 0.1) is 6.92 Å². The molecule has 0 N–H and O–H groups in total. The largest absolute Gasteiger partial charge is 0.493 e. The molecule has 0 radical (unpaired) electrons. The molecule has 2 aromatic carbocycles. The van der Waals surface area contributed by atoms with Crippen LogP contribution in [0.25, 0.3) is 10.9 Å². The van der Waals surface area contributed by atoms with Gasteiger partial charge in [0.2, 0.25) is 5.88 Å². The lowest BCUT2D eigenvalue weighted by Crippen LogP contribution is -2.53. The summed E-state index contributed by atoms with van der Waals surface area (Å²) in [7, 11) is -0.862. The van der Waals surface area contributed by atoms with Gasteiger partial charge in [-0.1, -0.05) is 53.7 Å². The third kappa shape index (κ3) is 6.88. The zero-order chi connectivity index (χ0) is 31.8. The van der Waals surface area contributed by atoms with Crippen molar-refractivity contribution in [3.63, 3.8) is 0 Å². The number of amides is 1. The summed E-state index contributed by atoms with van der Waals surface area (Å²) in [5, 5.41) is 0.278. The molecule has 0 unspecified atom stereocenters. The Morgan fingerprint density at radius 3 is 2.09 bits per heavy atom. The van der Waals surface area contributed by atoms with Crippen molar-refractivity contribution < 1.29 is 26.9 Å². The van der Waals surface area contributed by atoms with E-state index >= 15 is 0 Å². The highest BCUT2D eigenvalue weighted by Crippen LogP contribution is 2.39. The van der Waals surface area contributed by atoms with Gasteiger partial charge in [-0.2, -0.15) is 13.4 Å². The number of likely N-dealkylation sites (N-methyl/N-ethyl adjacent to an activating group) is 1. The number of aromatic nitrogens is 2. The smallest absolute Gasteiger partial charge is 0.415 e. The second-order valence-electron chi connectivity index (χ2n) is 12.3. The summed E-state index contributed by atoms with van der Waals surface area (Å²) in [6, 6.07) is 6.98. The lowest BCUT2D eigenvalue weighted by molar-refractivity contribution is 0.0886. The van der Waals surface area contributed by atoms with Crippen molar-refractivity contribution in [1.82, 2.24) is 19.8 Å². The topological polar surface area (TPSA) is 111 Å². The summed E-state index contributed by atoms with van der Waals surface area (Å²) in [6.07, 6.45) is -0.519. The van der Waals surface area contributed by atoms with E-state index in [1.165, 1.54) is 13.2 Å². The molecule has 1 aliphatic rings. The fourth-order valence-electron chi connectivity index (χ4n) is 5.41. The Bertz CT molecular complexity index is 1590.